The minimum atomic E-state index is -3.31. The van der Waals surface area contributed by atoms with E-state index in [1.165, 1.54) is 0 Å². The summed E-state index contributed by atoms with van der Waals surface area (Å²) in [6.07, 6.45) is 6.38. The van der Waals surface area contributed by atoms with Gasteiger partial charge in [-0.05, 0) is 37.7 Å². The van der Waals surface area contributed by atoms with Gasteiger partial charge < -0.3 is 19.1 Å². The van der Waals surface area contributed by atoms with Gasteiger partial charge in [-0.2, -0.15) is 0 Å². The Kier molecular flexibility index (Phi) is 14.5. The lowest BCUT2D eigenvalue weighted by atomic mass is 10.1. The lowest BCUT2D eigenvalue weighted by molar-refractivity contribution is 0.140. The van der Waals surface area contributed by atoms with Crippen LogP contribution in [0.5, 0.6) is 0 Å². The number of alkyl carbamates (subject to hydrolysis) is 1. The van der Waals surface area contributed by atoms with E-state index in [1.807, 2.05) is 37.3 Å². The third-order valence-electron chi connectivity index (χ3n) is 4.69. The van der Waals surface area contributed by atoms with Gasteiger partial charge in [-0.15, -0.1) is 0 Å². The molecule has 0 aromatic heterocycles. The molecule has 0 heterocycles. The van der Waals surface area contributed by atoms with Crippen molar-refractivity contribution >= 4 is 13.7 Å². The average Bonchev–Trinajstić information content (AvgIpc) is 2.73. The molecule has 0 aliphatic carbocycles. The van der Waals surface area contributed by atoms with Crippen LogP contribution in [0.3, 0.4) is 0 Å². The number of aryl methyl sites for hydroxylation is 1. The van der Waals surface area contributed by atoms with E-state index < -0.39 is 13.7 Å². The van der Waals surface area contributed by atoms with Crippen molar-refractivity contribution in [1.29, 1.82) is 0 Å². The van der Waals surface area contributed by atoms with Crippen LogP contribution in [0.1, 0.15) is 71.3 Å². The van der Waals surface area contributed by atoms with Gasteiger partial charge in [0.1, 0.15) is 0 Å². The standard InChI is InChI=1S/C23H40NO5P/c1-4-7-17-27-23(25)24-22(16-15-21-13-11-10-12-14-21)20-30(26,28-18-8-5-2)29-19-9-6-3/h10-14,22H,4-9,15-20H2,1-3H3,(H,24,25). The molecule has 0 saturated carbocycles. The van der Waals surface area contributed by atoms with Crippen molar-refractivity contribution in [3.63, 3.8) is 0 Å². The molecule has 1 amide bonds. The third-order valence-corrected chi connectivity index (χ3v) is 6.73. The number of benzene rings is 1. The van der Waals surface area contributed by atoms with E-state index >= 15 is 0 Å². The van der Waals surface area contributed by atoms with Crippen LogP contribution < -0.4 is 5.32 Å². The largest absolute Gasteiger partial charge is 0.450 e. The fourth-order valence-electron chi connectivity index (χ4n) is 2.82. The molecule has 172 valence electrons. The lowest BCUT2D eigenvalue weighted by Crippen LogP contribution is -2.38. The Morgan fingerprint density at radius 1 is 0.933 bits per heavy atom. The molecule has 1 unspecified atom stereocenters. The number of unbranched alkanes of at least 4 members (excludes halogenated alkanes) is 3. The van der Waals surface area contributed by atoms with Crippen molar-refractivity contribution in [2.24, 2.45) is 0 Å². The van der Waals surface area contributed by atoms with Gasteiger partial charge in [0.25, 0.3) is 0 Å². The SMILES string of the molecule is CCCCOC(=O)NC(CCc1ccccc1)CP(=O)(OCCCC)OCCCC. The van der Waals surface area contributed by atoms with Gasteiger partial charge >= 0.3 is 13.7 Å². The number of carbonyl (C=O) groups excluding carboxylic acids is 1. The maximum atomic E-state index is 13.4. The molecule has 6 nitrogen and oxygen atoms in total. The molecule has 1 aromatic rings. The van der Waals surface area contributed by atoms with Gasteiger partial charge in [-0.25, -0.2) is 4.79 Å². The summed E-state index contributed by atoms with van der Waals surface area (Å²) in [6, 6.07) is 9.69. The smallest absolute Gasteiger partial charge is 0.407 e. The van der Waals surface area contributed by atoms with Crippen LogP contribution in [0.4, 0.5) is 4.79 Å². The predicted molar refractivity (Wildman–Crippen MR) is 122 cm³/mol. The first kappa shape index (κ1) is 26.7. The predicted octanol–water partition coefficient (Wildman–Crippen LogP) is 6.34. The Morgan fingerprint density at radius 2 is 1.50 bits per heavy atom. The van der Waals surface area contributed by atoms with Gasteiger partial charge in [0.15, 0.2) is 0 Å². The summed E-state index contributed by atoms with van der Waals surface area (Å²) >= 11 is 0. The Bertz CT molecular complexity index is 597. The van der Waals surface area contributed by atoms with Crippen LogP contribution in [-0.2, 0) is 24.8 Å². The van der Waals surface area contributed by atoms with Crippen LogP contribution in [0, 0.1) is 0 Å². The molecule has 0 bridgehead atoms. The van der Waals surface area contributed by atoms with E-state index in [0.717, 1.165) is 50.5 Å². The second kappa shape index (κ2) is 16.3. The fraction of sp³-hybridized carbons (Fsp3) is 0.696. The second-order valence-corrected chi connectivity index (χ2v) is 9.63. The quantitative estimate of drug-likeness (QED) is 0.225. The molecule has 0 saturated heterocycles. The molecular weight excluding hydrogens is 401 g/mol. The van der Waals surface area contributed by atoms with Crippen molar-refractivity contribution in [3.05, 3.63) is 35.9 Å². The van der Waals surface area contributed by atoms with E-state index in [2.05, 4.69) is 19.2 Å². The first-order valence-corrected chi connectivity index (χ1v) is 13.1. The summed E-state index contributed by atoms with van der Waals surface area (Å²) in [5.41, 5.74) is 1.16. The van der Waals surface area contributed by atoms with Crippen LogP contribution in [0.15, 0.2) is 30.3 Å². The lowest BCUT2D eigenvalue weighted by Gasteiger charge is -2.25. The Balaban J connectivity index is 2.79. The molecule has 7 heteroatoms. The monoisotopic (exact) mass is 441 g/mol. The van der Waals surface area contributed by atoms with Crippen molar-refractivity contribution < 1.29 is 23.1 Å². The van der Waals surface area contributed by atoms with Gasteiger partial charge in [0, 0.05) is 6.04 Å². The Morgan fingerprint density at radius 3 is 2.07 bits per heavy atom. The summed E-state index contributed by atoms with van der Waals surface area (Å²) in [5.74, 6) is 0. The van der Waals surface area contributed by atoms with Crippen molar-refractivity contribution in [1.82, 2.24) is 5.32 Å². The fourth-order valence-corrected chi connectivity index (χ4v) is 4.73. The molecule has 0 aliphatic heterocycles. The van der Waals surface area contributed by atoms with Crippen LogP contribution >= 0.6 is 7.60 Å². The minimum Gasteiger partial charge on any atom is -0.450 e. The van der Waals surface area contributed by atoms with E-state index in [0.29, 0.717) is 26.2 Å². The van der Waals surface area contributed by atoms with Gasteiger partial charge in [-0.3, -0.25) is 4.57 Å². The molecular formula is C23H40NO5P. The summed E-state index contributed by atoms with van der Waals surface area (Å²) in [5, 5.41) is 2.89. The topological polar surface area (TPSA) is 73.9 Å². The molecule has 0 radical (unpaired) electrons. The van der Waals surface area contributed by atoms with Crippen molar-refractivity contribution in [2.75, 3.05) is 26.0 Å². The summed E-state index contributed by atoms with van der Waals surface area (Å²) in [7, 11) is -3.31. The van der Waals surface area contributed by atoms with E-state index in [-0.39, 0.29) is 12.2 Å². The van der Waals surface area contributed by atoms with Crippen molar-refractivity contribution in [3.8, 4) is 0 Å². The molecule has 1 aromatic carbocycles. The Labute approximate surface area is 182 Å². The number of ether oxygens (including phenoxy) is 1. The normalized spacial score (nSPS) is 12.5. The highest BCUT2D eigenvalue weighted by Gasteiger charge is 2.30. The second-order valence-electron chi connectivity index (χ2n) is 7.52. The zero-order valence-electron chi connectivity index (χ0n) is 18.9. The highest BCUT2D eigenvalue weighted by molar-refractivity contribution is 7.53. The van der Waals surface area contributed by atoms with Crippen LogP contribution in [0.25, 0.3) is 0 Å². The number of hydrogen-bond acceptors (Lipinski definition) is 5. The number of hydrogen-bond donors (Lipinski definition) is 1. The minimum absolute atomic E-state index is 0.149. The average molecular weight is 442 g/mol. The highest BCUT2D eigenvalue weighted by atomic mass is 31.2. The maximum absolute atomic E-state index is 13.4. The number of amides is 1. The molecule has 1 rings (SSSR count). The summed E-state index contributed by atoms with van der Waals surface area (Å²) < 4.78 is 30.1. The zero-order chi connectivity index (χ0) is 22.1. The first-order valence-electron chi connectivity index (χ1n) is 11.4. The molecule has 0 spiro atoms. The molecule has 1 atom stereocenters. The van der Waals surface area contributed by atoms with Gasteiger partial charge in [-0.1, -0.05) is 70.4 Å². The Hall–Kier alpha value is -1.36. The van der Waals surface area contributed by atoms with Crippen LogP contribution in [0.2, 0.25) is 0 Å². The zero-order valence-corrected chi connectivity index (χ0v) is 19.8. The van der Waals surface area contributed by atoms with E-state index in [9.17, 15) is 9.36 Å². The molecule has 1 N–H and O–H groups in total. The summed E-state index contributed by atoms with van der Waals surface area (Å²) in [6.45, 7) is 7.33. The third kappa shape index (κ3) is 12.4. The number of carbonyl (C=O) groups is 1. The molecule has 0 aliphatic rings. The first-order chi connectivity index (χ1) is 14.5. The highest BCUT2D eigenvalue weighted by Crippen LogP contribution is 2.49. The summed E-state index contributed by atoms with van der Waals surface area (Å²) in [4.78, 5) is 12.2. The van der Waals surface area contributed by atoms with E-state index in [1.54, 1.807) is 0 Å². The van der Waals surface area contributed by atoms with Gasteiger partial charge in [0.2, 0.25) is 0 Å². The molecule has 30 heavy (non-hydrogen) atoms. The van der Waals surface area contributed by atoms with Crippen molar-refractivity contribution in [2.45, 2.75) is 78.2 Å². The van der Waals surface area contributed by atoms with E-state index in [4.69, 9.17) is 13.8 Å². The molecule has 0 fully saturated rings. The maximum Gasteiger partial charge on any atom is 0.407 e. The number of rotatable bonds is 17. The number of nitrogens with one attached hydrogen (secondary N) is 1. The van der Waals surface area contributed by atoms with Crippen LogP contribution in [-0.4, -0.2) is 38.1 Å². The van der Waals surface area contributed by atoms with Gasteiger partial charge in [0.05, 0.1) is 26.0 Å².